The Kier molecular flexibility index (Phi) is 2.88. The first kappa shape index (κ1) is 13.8. The molecule has 0 saturated carbocycles. The van der Waals surface area contributed by atoms with E-state index < -0.39 is 11.8 Å². The number of aryl methyl sites for hydroxylation is 1. The van der Waals surface area contributed by atoms with Crippen LogP contribution in [0.25, 0.3) is 11.3 Å². The van der Waals surface area contributed by atoms with Gasteiger partial charge in [-0.15, -0.1) is 0 Å². The Morgan fingerprint density at radius 1 is 1.29 bits per heavy atom. The molecule has 1 aliphatic heterocycles. The van der Waals surface area contributed by atoms with Crippen LogP contribution >= 0.6 is 11.6 Å². The lowest BCUT2D eigenvalue weighted by Gasteiger charge is -2.16. The molecule has 0 fully saturated rings. The molecule has 0 saturated heterocycles. The van der Waals surface area contributed by atoms with Crippen molar-refractivity contribution in [3.05, 3.63) is 28.9 Å². The maximum atomic E-state index is 11.0. The van der Waals surface area contributed by atoms with Crippen LogP contribution in [0.15, 0.2) is 18.2 Å². The van der Waals surface area contributed by atoms with Crippen molar-refractivity contribution in [2.75, 3.05) is 0 Å². The number of aromatic carboxylic acids is 1. The van der Waals surface area contributed by atoms with Gasteiger partial charge >= 0.3 is 5.97 Å². The van der Waals surface area contributed by atoms with Crippen LogP contribution in [0.3, 0.4) is 0 Å². The largest absolute Gasteiger partial charge is 0.476 e. The van der Waals surface area contributed by atoms with Crippen LogP contribution in [0.4, 0.5) is 0 Å². The number of carboxylic acids is 1. The fourth-order valence-electron chi connectivity index (χ4n) is 2.27. The van der Waals surface area contributed by atoms with Gasteiger partial charge in [-0.3, -0.25) is 4.68 Å². The highest BCUT2D eigenvalue weighted by Crippen LogP contribution is 2.44. The molecule has 110 valence electrons. The highest BCUT2D eigenvalue weighted by molar-refractivity contribution is 6.33. The van der Waals surface area contributed by atoms with E-state index in [4.69, 9.17) is 26.2 Å². The Morgan fingerprint density at radius 3 is 2.48 bits per heavy atom. The van der Waals surface area contributed by atoms with Crippen LogP contribution in [-0.2, 0) is 7.05 Å². The zero-order valence-electron chi connectivity index (χ0n) is 11.7. The number of nitrogens with zero attached hydrogens (tertiary/aromatic N) is 2. The second kappa shape index (κ2) is 4.39. The number of fused-ring (bicyclic) bond motifs is 1. The minimum atomic E-state index is -1.09. The van der Waals surface area contributed by atoms with Crippen molar-refractivity contribution in [2.24, 2.45) is 7.05 Å². The van der Waals surface area contributed by atoms with Crippen LogP contribution in [0, 0.1) is 0 Å². The minimum Gasteiger partial charge on any atom is -0.476 e. The molecule has 1 N–H and O–H groups in total. The van der Waals surface area contributed by atoms with Crippen molar-refractivity contribution >= 4 is 17.6 Å². The molecule has 2 aromatic rings. The summed E-state index contributed by atoms with van der Waals surface area (Å²) in [7, 11) is 1.66. The highest BCUT2D eigenvalue weighted by atomic mass is 35.5. The monoisotopic (exact) mass is 308 g/mol. The van der Waals surface area contributed by atoms with E-state index in [0.29, 0.717) is 27.8 Å². The summed E-state index contributed by atoms with van der Waals surface area (Å²) in [6.45, 7) is 3.60. The maximum Gasteiger partial charge on any atom is 0.356 e. The predicted octanol–water partition coefficient (Wildman–Crippen LogP) is 2.95. The predicted molar refractivity (Wildman–Crippen MR) is 75.9 cm³/mol. The maximum absolute atomic E-state index is 11.0. The first-order chi connectivity index (χ1) is 9.77. The van der Waals surface area contributed by atoms with Crippen molar-refractivity contribution in [3.8, 4) is 22.8 Å². The van der Waals surface area contributed by atoms with Crippen molar-refractivity contribution in [2.45, 2.75) is 19.6 Å². The minimum absolute atomic E-state index is 0.0402. The summed E-state index contributed by atoms with van der Waals surface area (Å²) in [5.41, 5.74) is 1.19. The Morgan fingerprint density at radius 2 is 1.90 bits per heavy atom. The summed E-state index contributed by atoms with van der Waals surface area (Å²) in [4.78, 5) is 11.0. The molecule has 6 nitrogen and oxygen atoms in total. The van der Waals surface area contributed by atoms with Gasteiger partial charge in [-0.2, -0.15) is 5.10 Å². The van der Waals surface area contributed by atoms with E-state index in [9.17, 15) is 4.79 Å². The standard InChI is InChI=1S/C14H13ClN2O4/c1-14(2)20-11-4-7(8(15)5-12(11)21-14)10-6-9(13(18)19)16-17(10)3/h4-6H,1-3H3,(H,18,19). The van der Waals surface area contributed by atoms with Crippen LogP contribution in [0.5, 0.6) is 11.5 Å². The summed E-state index contributed by atoms with van der Waals surface area (Å²) < 4.78 is 12.8. The molecule has 7 heteroatoms. The number of aromatic nitrogens is 2. The number of hydrogen-bond donors (Lipinski definition) is 1. The van der Waals surface area contributed by atoms with E-state index in [1.807, 2.05) is 0 Å². The topological polar surface area (TPSA) is 73.6 Å². The summed E-state index contributed by atoms with van der Waals surface area (Å²) in [6.07, 6.45) is 0. The van der Waals surface area contributed by atoms with Crippen molar-refractivity contribution < 1.29 is 19.4 Å². The number of carboxylic acid groups (broad SMARTS) is 1. The third-order valence-electron chi connectivity index (χ3n) is 3.12. The Balaban J connectivity index is 2.11. The molecule has 1 aromatic carbocycles. The summed E-state index contributed by atoms with van der Waals surface area (Å²) in [5, 5.41) is 13.4. The molecule has 2 heterocycles. The second-order valence-corrected chi connectivity index (χ2v) is 5.63. The van der Waals surface area contributed by atoms with Crippen molar-refractivity contribution in [3.63, 3.8) is 0 Å². The zero-order chi connectivity index (χ0) is 15.4. The normalized spacial score (nSPS) is 15.2. The molecule has 0 bridgehead atoms. The molecule has 0 spiro atoms. The van der Waals surface area contributed by atoms with Gasteiger partial charge < -0.3 is 14.6 Å². The highest BCUT2D eigenvalue weighted by Gasteiger charge is 2.33. The van der Waals surface area contributed by atoms with Gasteiger partial charge in [0.05, 0.1) is 10.7 Å². The quantitative estimate of drug-likeness (QED) is 0.923. The second-order valence-electron chi connectivity index (χ2n) is 5.23. The third kappa shape index (κ3) is 2.31. The van der Waals surface area contributed by atoms with E-state index in [1.165, 1.54) is 10.7 Å². The fourth-order valence-corrected chi connectivity index (χ4v) is 2.52. The van der Waals surface area contributed by atoms with E-state index in [0.717, 1.165) is 0 Å². The number of halogens is 1. The van der Waals surface area contributed by atoms with Gasteiger partial charge in [0.15, 0.2) is 17.2 Å². The third-order valence-corrected chi connectivity index (χ3v) is 3.43. The summed E-state index contributed by atoms with van der Waals surface area (Å²) in [6, 6.07) is 4.86. The van der Waals surface area contributed by atoms with Gasteiger partial charge in [0.1, 0.15) is 0 Å². The Labute approximate surface area is 125 Å². The summed E-state index contributed by atoms with van der Waals surface area (Å²) >= 11 is 6.27. The fraction of sp³-hybridized carbons (Fsp3) is 0.286. The van der Waals surface area contributed by atoms with Crippen molar-refractivity contribution in [1.29, 1.82) is 0 Å². The van der Waals surface area contributed by atoms with Gasteiger partial charge in [0.25, 0.3) is 0 Å². The van der Waals surface area contributed by atoms with E-state index in [1.54, 1.807) is 33.0 Å². The lowest BCUT2D eigenvalue weighted by atomic mass is 10.1. The van der Waals surface area contributed by atoms with Crippen molar-refractivity contribution in [1.82, 2.24) is 9.78 Å². The Hall–Kier alpha value is -2.21. The molecule has 3 rings (SSSR count). The van der Waals surface area contributed by atoms with Gasteiger partial charge in [0.2, 0.25) is 5.79 Å². The number of hydrogen-bond acceptors (Lipinski definition) is 4. The number of benzene rings is 1. The molecular weight excluding hydrogens is 296 g/mol. The number of carbonyl (C=O) groups is 1. The van der Waals surface area contributed by atoms with Gasteiger partial charge in [-0.1, -0.05) is 11.6 Å². The van der Waals surface area contributed by atoms with Crippen LogP contribution in [-0.4, -0.2) is 26.6 Å². The SMILES string of the molecule is Cn1nc(C(=O)O)cc1-c1cc2c(cc1Cl)OC(C)(C)O2. The van der Waals surface area contributed by atoms with E-state index in [-0.39, 0.29) is 5.69 Å². The van der Waals surface area contributed by atoms with Gasteiger partial charge in [0, 0.05) is 32.5 Å². The molecule has 1 aromatic heterocycles. The molecule has 0 atom stereocenters. The molecule has 0 unspecified atom stereocenters. The van der Waals surface area contributed by atoms with E-state index >= 15 is 0 Å². The molecule has 0 amide bonds. The molecule has 21 heavy (non-hydrogen) atoms. The average molecular weight is 309 g/mol. The van der Waals surface area contributed by atoms with Gasteiger partial charge in [-0.05, 0) is 12.1 Å². The number of ether oxygens (including phenoxy) is 2. The first-order valence-corrected chi connectivity index (χ1v) is 6.64. The molecule has 0 radical (unpaired) electrons. The first-order valence-electron chi connectivity index (χ1n) is 6.26. The van der Waals surface area contributed by atoms with Gasteiger partial charge in [-0.25, -0.2) is 4.79 Å². The van der Waals surface area contributed by atoms with Crippen LogP contribution in [0.1, 0.15) is 24.3 Å². The van der Waals surface area contributed by atoms with Crippen LogP contribution in [0.2, 0.25) is 5.02 Å². The van der Waals surface area contributed by atoms with Crippen LogP contribution < -0.4 is 9.47 Å². The zero-order valence-corrected chi connectivity index (χ0v) is 12.4. The Bertz CT molecular complexity index is 752. The average Bonchev–Trinajstić information content (AvgIpc) is 2.87. The smallest absolute Gasteiger partial charge is 0.356 e. The molecule has 1 aliphatic rings. The van der Waals surface area contributed by atoms with E-state index in [2.05, 4.69) is 5.10 Å². The number of rotatable bonds is 2. The molecule has 0 aliphatic carbocycles. The summed E-state index contributed by atoms with van der Waals surface area (Å²) in [5.74, 6) is -0.704. The molecular formula is C14H13ClN2O4. The lowest BCUT2D eigenvalue weighted by Crippen LogP contribution is -2.29. The lowest BCUT2D eigenvalue weighted by molar-refractivity contribution is -0.0431.